The number of carbonyl (C=O) groups is 1. The lowest BCUT2D eigenvalue weighted by Crippen LogP contribution is -2.47. The van der Waals surface area contributed by atoms with Crippen molar-refractivity contribution in [2.45, 2.75) is 31.4 Å². The Hall–Kier alpha value is -3.36. The number of nitrogens with one attached hydrogen (secondary N) is 1. The quantitative estimate of drug-likeness (QED) is 0.489. The molecule has 35 heavy (non-hydrogen) atoms. The van der Waals surface area contributed by atoms with Gasteiger partial charge < -0.3 is 29.5 Å². The molecule has 2 aliphatic rings. The monoisotopic (exact) mass is 477 g/mol. The van der Waals surface area contributed by atoms with E-state index in [0.29, 0.717) is 42.6 Å². The van der Waals surface area contributed by atoms with Crippen LogP contribution in [0, 0.1) is 0 Å². The van der Waals surface area contributed by atoms with Crippen molar-refractivity contribution in [2.75, 3.05) is 39.5 Å². The van der Waals surface area contributed by atoms with Crippen LogP contribution in [0.3, 0.4) is 0 Å². The van der Waals surface area contributed by atoms with Gasteiger partial charge in [0.2, 0.25) is 5.91 Å². The van der Waals surface area contributed by atoms with Crippen molar-refractivity contribution in [2.24, 2.45) is 0 Å². The molecule has 0 aliphatic carbocycles. The number of ether oxygens (including phenoxy) is 3. The van der Waals surface area contributed by atoms with Gasteiger partial charge in [-0.3, -0.25) is 9.78 Å². The summed E-state index contributed by atoms with van der Waals surface area (Å²) in [5.74, 6) is 1.84. The summed E-state index contributed by atoms with van der Waals surface area (Å²) in [7, 11) is 0. The molecule has 184 valence electrons. The van der Waals surface area contributed by atoms with E-state index in [1.807, 2.05) is 42.5 Å². The van der Waals surface area contributed by atoms with Crippen molar-refractivity contribution in [1.82, 2.24) is 15.2 Å². The number of likely N-dealkylation sites (tertiary alicyclic amines) is 1. The van der Waals surface area contributed by atoms with Crippen molar-refractivity contribution >= 4 is 16.8 Å². The van der Waals surface area contributed by atoms with Crippen molar-refractivity contribution in [1.29, 1.82) is 0 Å². The van der Waals surface area contributed by atoms with Gasteiger partial charge >= 0.3 is 0 Å². The maximum Gasteiger partial charge on any atom is 0.223 e. The molecular formula is C27H31N3O5. The lowest BCUT2D eigenvalue weighted by Gasteiger charge is -2.29. The Balaban J connectivity index is 1.23. The fraction of sp³-hybridized carbons (Fsp3) is 0.407. The molecular weight excluding hydrogens is 446 g/mol. The Kier molecular flexibility index (Phi) is 7.30. The molecule has 3 aromatic rings. The van der Waals surface area contributed by atoms with Crippen LogP contribution >= 0.6 is 0 Å². The number of hydrogen-bond donors (Lipinski definition) is 2. The lowest BCUT2D eigenvalue weighted by atomic mass is 10.0. The molecule has 0 unspecified atom stereocenters. The van der Waals surface area contributed by atoms with Crippen LogP contribution in [0.4, 0.5) is 0 Å². The molecule has 3 heterocycles. The molecule has 2 aromatic carbocycles. The summed E-state index contributed by atoms with van der Waals surface area (Å²) in [6.07, 6.45) is 3.28. The van der Waals surface area contributed by atoms with Gasteiger partial charge in [-0.25, -0.2) is 0 Å². The van der Waals surface area contributed by atoms with Gasteiger partial charge in [0.05, 0.1) is 24.6 Å². The number of pyridine rings is 1. The highest BCUT2D eigenvalue weighted by Gasteiger charge is 2.27. The van der Waals surface area contributed by atoms with Gasteiger partial charge in [0.1, 0.15) is 25.1 Å². The van der Waals surface area contributed by atoms with E-state index in [9.17, 15) is 9.90 Å². The van der Waals surface area contributed by atoms with Crippen molar-refractivity contribution < 1.29 is 24.1 Å². The maximum absolute atomic E-state index is 12.9. The van der Waals surface area contributed by atoms with Crippen LogP contribution in [0.5, 0.6) is 17.2 Å². The number of aromatic nitrogens is 1. The molecule has 1 fully saturated rings. The smallest absolute Gasteiger partial charge is 0.223 e. The molecule has 0 radical (unpaired) electrons. The zero-order chi connectivity index (χ0) is 24.0. The molecule has 2 atom stereocenters. The second-order valence-corrected chi connectivity index (χ2v) is 8.95. The van der Waals surface area contributed by atoms with Gasteiger partial charge in [0, 0.05) is 18.1 Å². The Morgan fingerprint density at radius 2 is 1.89 bits per heavy atom. The average molecular weight is 478 g/mol. The summed E-state index contributed by atoms with van der Waals surface area (Å²) in [5, 5.41) is 15.2. The Morgan fingerprint density at radius 1 is 1.09 bits per heavy atom. The van der Waals surface area contributed by atoms with E-state index in [1.165, 1.54) is 0 Å². The second-order valence-electron chi connectivity index (χ2n) is 8.95. The number of rotatable bonds is 9. The first-order chi connectivity index (χ1) is 17.2. The first-order valence-electron chi connectivity index (χ1n) is 12.2. The lowest BCUT2D eigenvalue weighted by molar-refractivity contribution is -0.123. The number of carbonyl (C=O) groups excluding carboxylic acids is 1. The number of nitrogens with zero attached hydrogens (tertiary/aromatic N) is 2. The summed E-state index contributed by atoms with van der Waals surface area (Å²) in [5.41, 5.74) is 1.54. The topological polar surface area (TPSA) is 93.2 Å². The van der Waals surface area contributed by atoms with Gasteiger partial charge in [-0.15, -0.1) is 0 Å². The van der Waals surface area contributed by atoms with E-state index >= 15 is 0 Å². The highest BCUT2D eigenvalue weighted by molar-refractivity contribution is 5.84. The van der Waals surface area contributed by atoms with Crippen LogP contribution < -0.4 is 19.5 Å². The zero-order valence-electron chi connectivity index (χ0n) is 19.7. The van der Waals surface area contributed by atoms with Crippen molar-refractivity contribution in [3.05, 3.63) is 60.3 Å². The molecule has 5 rings (SSSR count). The second kappa shape index (κ2) is 10.9. The summed E-state index contributed by atoms with van der Waals surface area (Å²) in [6.45, 7) is 3.75. The number of hydrogen-bond acceptors (Lipinski definition) is 7. The molecule has 0 saturated carbocycles. The Bertz CT molecular complexity index is 1160. The minimum atomic E-state index is -0.875. The number of benzene rings is 2. The van der Waals surface area contributed by atoms with E-state index in [-0.39, 0.29) is 18.9 Å². The molecule has 0 spiro atoms. The van der Waals surface area contributed by atoms with Crippen LogP contribution in [-0.4, -0.2) is 66.4 Å². The molecule has 8 heteroatoms. The fourth-order valence-electron chi connectivity index (χ4n) is 4.67. The molecule has 0 bridgehead atoms. The largest absolute Gasteiger partial charge is 0.492 e. The van der Waals surface area contributed by atoms with Crippen LogP contribution in [0.25, 0.3) is 10.9 Å². The van der Waals surface area contributed by atoms with Gasteiger partial charge in [-0.2, -0.15) is 0 Å². The number of fused-ring (bicyclic) bond motifs is 2. The number of para-hydroxylation sites is 1. The first kappa shape index (κ1) is 23.4. The highest BCUT2D eigenvalue weighted by Crippen LogP contribution is 2.33. The Labute approximate surface area is 204 Å². The normalized spacial score (nSPS) is 17.2. The maximum atomic E-state index is 12.9. The molecule has 2 N–H and O–H groups in total. The fourth-order valence-corrected chi connectivity index (χ4v) is 4.67. The van der Waals surface area contributed by atoms with Gasteiger partial charge in [0.25, 0.3) is 0 Å². The number of amides is 1. The zero-order valence-corrected chi connectivity index (χ0v) is 19.7. The average Bonchev–Trinajstić information content (AvgIpc) is 3.41. The van der Waals surface area contributed by atoms with Gasteiger partial charge in [-0.05, 0) is 61.8 Å². The summed E-state index contributed by atoms with van der Waals surface area (Å²) in [4.78, 5) is 19.5. The van der Waals surface area contributed by atoms with E-state index in [0.717, 1.165) is 36.8 Å². The standard InChI is InChI=1S/C27H31N3O5/c31-26(10-14-33-23-9-11-28-21-6-2-1-5-20(21)23)29-22(18-30-12-3-4-13-30)27(32)19-7-8-24-25(17-19)35-16-15-34-24/h1-2,5-9,11,17,22,27,32H,3-4,10,12-16,18H2,(H,29,31)/t22-,27-/m1/s1. The first-order valence-corrected chi connectivity index (χ1v) is 12.2. The minimum absolute atomic E-state index is 0.163. The summed E-state index contributed by atoms with van der Waals surface area (Å²) in [6, 6.07) is 14.6. The molecule has 1 saturated heterocycles. The van der Waals surface area contributed by atoms with Crippen molar-refractivity contribution in [3.63, 3.8) is 0 Å². The Morgan fingerprint density at radius 3 is 2.74 bits per heavy atom. The van der Waals surface area contributed by atoms with Crippen molar-refractivity contribution in [3.8, 4) is 17.2 Å². The third kappa shape index (κ3) is 5.66. The minimum Gasteiger partial charge on any atom is -0.492 e. The van der Waals surface area contributed by atoms with E-state index in [4.69, 9.17) is 14.2 Å². The number of aliphatic hydroxyl groups is 1. The third-order valence-electron chi connectivity index (χ3n) is 6.48. The van der Waals surface area contributed by atoms with Gasteiger partial charge in [0.15, 0.2) is 11.5 Å². The molecule has 8 nitrogen and oxygen atoms in total. The molecule has 2 aliphatic heterocycles. The van der Waals surface area contributed by atoms with E-state index in [2.05, 4.69) is 15.2 Å². The van der Waals surface area contributed by atoms with Crippen LogP contribution in [0.1, 0.15) is 30.9 Å². The predicted octanol–water partition coefficient (Wildman–Crippen LogP) is 3.09. The van der Waals surface area contributed by atoms with Crippen LogP contribution in [0.2, 0.25) is 0 Å². The predicted molar refractivity (Wildman–Crippen MR) is 132 cm³/mol. The van der Waals surface area contributed by atoms with Crippen LogP contribution in [-0.2, 0) is 4.79 Å². The number of aliphatic hydroxyl groups excluding tert-OH is 1. The highest BCUT2D eigenvalue weighted by atomic mass is 16.6. The van der Waals surface area contributed by atoms with E-state index in [1.54, 1.807) is 12.3 Å². The van der Waals surface area contributed by atoms with E-state index < -0.39 is 12.1 Å². The SMILES string of the molecule is O=C(CCOc1ccnc2ccccc12)N[C@H](CN1CCCC1)[C@H](O)c1ccc2c(c1)OCCO2. The third-order valence-corrected chi connectivity index (χ3v) is 6.48. The molecule has 1 amide bonds. The van der Waals surface area contributed by atoms with Gasteiger partial charge in [-0.1, -0.05) is 18.2 Å². The summed E-state index contributed by atoms with van der Waals surface area (Å²) >= 11 is 0. The molecule has 1 aromatic heterocycles. The summed E-state index contributed by atoms with van der Waals surface area (Å²) < 4.78 is 17.2. The van der Waals surface area contributed by atoms with Crippen LogP contribution in [0.15, 0.2) is 54.7 Å².